The Bertz CT molecular complexity index is 643. The zero-order chi connectivity index (χ0) is 16.7. The molecule has 0 aromatic heterocycles. The number of hydrogen-bond acceptors (Lipinski definition) is 5. The average Bonchev–Trinajstić information content (AvgIpc) is 2.59. The van der Waals surface area contributed by atoms with E-state index in [4.69, 9.17) is 26.3 Å². The molecule has 23 heavy (non-hydrogen) atoms. The van der Waals surface area contributed by atoms with Crippen molar-refractivity contribution in [2.24, 2.45) is 0 Å². The van der Waals surface area contributed by atoms with Crippen molar-refractivity contribution >= 4 is 29.6 Å². The second kappa shape index (κ2) is 8.32. The largest absolute Gasteiger partial charge is 0.451 e. The number of halogens is 1. The molecule has 1 fully saturated rings. The number of ether oxygens (including phenoxy) is 2. The normalized spacial score (nSPS) is 15.0. The van der Waals surface area contributed by atoms with Gasteiger partial charge in [-0.25, -0.2) is 4.79 Å². The summed E-state index contributed by atoms with van der Waals surface area (Å²) in [7, 11) is 0. The molecule has 1 aliphatic heterocycles. The van der Waals surface area contributed by atoms with E-state index in [-0.39, 0.29) is 11.5 Å². The molecule has 6 nitrogen and oxygen atoms in total. The Morgan fingerprint density at radius 3 is 2.57 bits per heavy atom. The fraction of sp³-hybridized carbons (Fsp3) is 0.312. The molecule has 2 rings (SSSR count). The Morgan fingerprint density at radius 2 is 1.96 bits per heavy atom. The van der Waals surface area contributed by atoms with Crippen molar-refractivity contribution in [2.75, 3.05) is 32.9 Å². The zero-order valence-electron chi connectivity index (χ0n) is 12.3. The van der Waals surface area contributed by atoms with Gasteiger partial charge < -0.3 is 14.4 Å². The molecule has 1 aromatic carbocycles. The van der Waals surface area contributed by atoms with Crippen LogP contribution in [0.3, 0.4) is 0 Å². The predicted molar refractivity (Wildman–Crippen MR) is 83.4 cm³/mol. The summed E-state index contributed by atoms with van der Waals surface area (Å²) < 4.78 is 10.1. The summed E-state index contributed by atoms with van der Waals surface area (Å²) in [4.78, 5) is 25.3. The van der Waals surface area contributed by atoms with E-state index < -0.39 is 12.6 Å². The third kappa shape index (κ3) is 5.09. The molecule has 0 unspecified atom stereocenters. The van der Waals surface area contributed by atoms with Crippen LogP contribution in [0.4, 0.5) is 0 Å². The minimum absolute atomic E-state index is 0.179. The number of nitriles is 1. The number of carbonyl (C=O) groups is 2. The quantitative estimate of drug-likeness (QED) is 0.475. The molecule has 0 saturated carbocycles. The third-order valence-electron chi connectivity index (χ3n) is 3.21. The van der Waals surface area contributed by atoms with Gasteiger partial charge in [0.05, 0.1) is 13.2 Å². The van der Waals surface area contributed by atoms with Crippen LogP contribution in [0.1, 0.15) is 5.56 Å². The average molecular weight is 335 g/mol. The number of esters is 1. The highest BCUT2D eigenvalue weighted by Gasteiger charge is 2.19. The Morgan fingerprint density at radius 1 is 1.30 bits per heavy atom. The molecule has 0 radical (unpaired) electrons. The van der Waals surface area contributed by atoms with Crippen LogP contribution in [0.2, 0.25) is 5.02 Å². The summed E-state index contributed by atoms with van der Waals surface area (Å²) in [6, 6.07) is 8.42. The Labute approximate surface area is 138 Å². The molecule has 1 amide bonds. The number of carbonyl (C=O) groups excluding carboxylic acids is 2. The summed E-state index contributed by atoms with van der Waals surface area (Å²) in [6.45, 7) is 1.50. The van der Waals surface area contributed by atoms with Crippen LogP contribution in [-0.2, 0) is 19.1 Å². The first-order valence-corrected chi connectivity index (χ1v) is 7.38. The smallest absolute Gasteiger partial charge is 0.349 e. The first-order valence-electron chi connectivity index (χ1n) is 7.00. The lowest BCUT2D eigenvalue weighted by Crippen LogP contribution is -2.42. The number of rotatable bonds is 4. The Balaban J connectivity index is 1.93. The lowest BCUT2D eigenvalue weighted by atomic mass is 10.1. The van der Waals surface area contributed by atoms with E-state index in [2.05, 4.69) is 0 Å². The molecule has 0 N–H and O–H groups in total. The van der Waals surface area contributed by atoms with Gasteiger partial charge in [0, 0.05) is 18.1 Å². The van der Waals surface area contributed by atoms with Crippen LogP contribution in [0, 0.1) is 11.3 Å². The molecule has 0 bridgehead atoms. The Kier molecular flexibility index (Phi) is 6.15. The van der Waals surface area contributed by atoms with Crippen molar-refractivity contribution < 1.29 is 19.1 Å². The number of hydrogen-bond donors (Lipinski definition) is 0. The predicted octanol–water partition coefficient (Wildman–Crippen LogP) is 1.65. The summed E-state index contributed by atoms with van der Waals surface area (Å²) in [5.74, 6) is -1.13. The molecular formula is C16H15ClN2O4. The van der Waals surface area contributed by atoms with Gasteiger partial charge in [-0.2, -0.15) is 5.26 Å². The van der Waals surface area contributed by atoms with Gasteiger partial charge in [-0.15, -0.1) is 0 Å². The van der Waals surface area contributed by atoms with E-state index in [9.17, 15) is 9.59 Å². The lowest BCUT2D eigenvalue weighted by Gasteiger charge is -2.26. The molecule has 0 aliphatic carbocycles. The van der Waals surface area contributed by atoms with Crippen LogP contribution in [0.15, 0.2) is 29.8 Å². The van der Waals surface area contributed by atoms with E-state index in [0.29, 0.717) is 36.9 Å². The standard InChI is InChI=1S/C16H15ClN2O4/c17-14-3-1-12(2-4-14)9-13(10-18)16(21)23-11-15(20)19-5-7-22-8-6-19/h1-4,9H,5-8,11H2/b13-9-. The monoisotopic (exact) mass is 334 g/mol. The zero-order valence-corrected chi connectivity index (χ0v) is 13.1. The van der Waals surface area contributed by atoms with Crippen LogP contribution in [-0.4, -0.2) is 49.7 Å². The summed E-state index contributed by atoms with van der Waals surface area (Å²) in [5, 5.41) is 9.62. The van der Waals surface area contributed by atoms with Crippen molar-refractivity contribution in [1.82, 2.24) is 4.90 Å². The molecular weight excluding hydrogens is 320 g/mol. The van der Waals surface area contributed by atoms with Crippen molar-refractivity contribution in [3.8, 4) is 6.07 Å². The first-order chi connectivity index (χ1) is 11.1. The molecule has 0 atom stereocenters. The third-order valence-corrected chi connectivity index (χ3v) is 3.46. The molecule has 7 heteroatoms. The highest BCUT2D eigenvalue weighted by molar-refractivity contribution is 6.30. The van der Waals surface area contributed by atoms with Gasteiger partial charge in [0.15, 0.2) is 6.61 Å². The van der Waals surface area contributed by atoms with Gasteiger partial charge in [0.2, 0.25) is 0 Å². The maximum atomic E-state index is 11.9. The van der Waals surface area contributed by atoms with Gasteiger partial charge >= 0.3 is 5.97 Å². The molecule has 1 saturated heterocycles. The van der Waals surface area contributed by atoms with Gasteiger partial charge in [0.25, 0.3) is 5.91 Å². The molecule has 0 spiro atoms. The van der Waals surface area contributed by atoms with Crippen LogP contribution in [0.25, 0.3) is 6.08 Å². The summed E-state index contributed by atoms with van der Waals surface area (Å²) in [6.07, 6.45) is 1.39. The maximum Gasteiger partial charge on any atom is 0.349 e. The molecule has 1 aliphatic rings. The van der Waals surface area contributed by atoms with Gasteiger partial charge in [0.1, 0.15) is 11.6 Å². The molecule has 120 valence electrons. The molecule has 1 heterocycles. The SMILES string of the molecule is N#C/C(=C/c1ccc(Cl)cc1)C(=O)OCC(=O)N1CCOCC1. The van der Waals surface area contributed by atoms with Gasteiger partial charge in [-0.1, -0.05) is 23.7 Å². The van der Waals surface area contributed by atoms with Crippen molar-refractivity contribution in [3.63, 3.8) is 0 Å². The second-order valence-corrected chi connectivity index (χ2v) is 5.23. The van der Waals surface area contributed by atoms with E-state index in [1.54, 1.807) is 35.2 Å². The summed E-state index contributed by atoms with van der Waals surface area (Å²) >= 11 is 5.77. The summed E-state index contributed by atoms with van der Waals surface area (Å²) in [5.41, 5.74) is 0.463. The van der Waals surface area contributed by atoms with Crippen LogP contribution in [0.5, 0.6) is 0 Å². The van der Waals surface area contributed by atoms with Gasteiger partial charge in [-0.3, -0.25) is 4.79 Å². The highest BCUT2D eigenvalue weighted by Crippen LogP contribution is 2.13. The lowest BCUT2D eigenvalue weighted by molar-refractivity contribution is -0.150. The number of amides is 1. The maximum absolute atomic E-state index is 11.9. The number of benzene rings is 1. The fourth-order valence-corrected chi connectivity index (χ4v) is 2.10. The number of nitrogens with zero attached hydrogens (tertiary/aromatic N) is 2. The van der Waals surface area contributed by atoms with E-state index >= 15 is 0 Å². The van der Waals surface area contributed by atoms with Crippen molar-refractivity contribution in [1.29, 1.82) is 5.26 Å². The Hall–Kier alpha value is -2.36. The number of morpholine rings is 1. The van der Waals surface area contributed by atoms with E-state index in [1.165, 1.54) is 6.08 Å². The minimum atomic E-state index is -0.830. The minimum Gasteiger partial charge on any atom is -0.451 e. The van der Waals surface area contributed by atoms with Crippen LogP contribution < -0.4 is 0 Å². The van der Waals surface area contributed by atoms with E-state index in [1.807, 2.05) is 0 Å². The fourth-order valence-electron chi connectivity index (χ4n) is 1.97. The topological polar surface area (TPSA) is 79.6 Å². The second-order valence-electron chi connectivity index (χ2n) is 4.79. The van der Waals surface area contributed by atoms with E-state index in [0.717, 1.165) is 0 Å². The highest BCUT2D eigenvalue weighted by atomic mass is 35.5. The van der Waals surface area contributed by atoms with Crippen LogP contribution >= 0.6 is 11.6 Å². The van der Waals surface area contributed by atoms with Crippen molar-refractivity contribution in [3.05, 3.63) is 40.4 Å². The molecule has 1 aromatic rings. The van der Waals surface area contributed by atoms with Gasteiger partial charge in [-0.05, 0) is 23.8 Å². The first kappa shape index (κ1) is 17.0. The van der Waals surface area contributed by atoms with Crippen molar-refractivity contribution in [2.45, 2.75) is 0 Å².